The largest absolute Gasteiger partial charge is 0.476 e. The Kier molecular flexibility index (Phi) is 8.64. The van der Waals surface area contributed by atoms with Crippen LogP contribution in [0.25, 0.3) is 10.3 Å². The second kappa shape index (κ2) is 12.2. The van der Waals surface area contributed by atoms with E-state index in [1.54, 1.807) is 24.3 Å². The Labute approximate surface area is 237 Å². The molecule has 1 atom stereocenters. The summed E-state index contributed by atoms with van der Waals surface area (Å²) in [5, 5.41) is 6.96. The molecule has 0 radical (unpaired) electrons. The maximum Gasteiger partial charge on any atom is 0.280 e. The van der Waals surface area contributed by atoms with Crippen molar-refractivity contribution < 1.29 is 27.5 Å². The first-order valence-electron chi connectivity index (χ1n) is 13.3. The van der Waals surface area contributed by atoms with E-state index < -0.39 is 15.7 Å². The second-order valence-electron chi connectivity index (χ2n) is 10.2. The number of fused-ring (bicyclic) bond motifs is 1. The van der Waals surface area contributed by atoms with Gasteiger partial charge >= 0.3 is 0 Å². The van der Waals surface area contributed by atoms with Crippen molar-refractivity contribution in [3.05, 3.63) is 42.0 Å². The number of likely N-dealkylation sites (N-methyl/N-ethyl adjacent to an activating group) is 1. The van der Waals surface area contributed by atoms with Gasteiger partial charge in [-0.25, -0.2) is 18.4 Å². The minimum absolute atomic E-state index is 0.00720. The van der Waals surface area contributed by atoms with Gasteiger partial charge < -0.3 is 19.2 Å². The molecular weight excluding hydrogens is 554 g/mol. The second-order valence-corrected chi connectivity index (χ2v) is 13.4. The lowest BCUT2D eigenvalue weighted by Crippen LogP contribution is -2.30. The van der Waals surface area contributed by atoms with E-state index in [4.69, 9.17) is 14.3 Å². The number of nitrogens with one attached hydrogen (secondary N) is 1. The van der Waals surface area contributed by atoms with E-state index in [2.05, 4.69) is 39.2 Å². The summed E-state index contributed by atoms with van der Waals surface area (Å²) in [5.41, 5.74) is 1.06. The molecule has 1 aliphatic carbocycles. The number of ether oxygens (including phenoxy) is 2. The van der Waals surface area contributed by atoms with Gasteiger partial charge in [-0.05, 0) is 51.9 Å². The highest BCUT2D eigenvalue weighted by atomic mass is 32.2. The fourth-order valence-corrected chi connectivity index (χ4v) is 6.45. The van der Waals surface area contributed by atoms with Gasteiger partial charge in [-0.2, -0.15) is 0 Å². The summed E-state index contributed by atoms with van der Waals surface area (Å²) < 4.78 is 36.3. The summed E-state index contributed by atoms with van der Waals surface area (Å²) in [6.07, 6.45) is 1.76. The summed E-state index contributed by atoms with van der Waals surface area (Å²) >= 11 is 1.22. The number of pyridine rings is 1. The third kappa shape index (κ3) is 6.77. The highest BCUT2D eigenvalue weighted by Crippen LogP contribution is 2.33. The summed E-state index contributed by atoms with van der Waals surface area (Å²) in [4.78, 5) is 31.0. The zero-order valence-corrected chi connectivity index (χ0v) is 24.3. The molecule has 1 amide bonds. The summed E-state index contributed by atoms with van der Waals surface area (Å²) in [7, 11) is -1.31. The van der Waals surface area contributed by atoms with Crippen LogP contribution in [0.2, 0.25) is 0 Å². The number of rotatable bonds is 12. The van der Waals surface area contributed by atoms with Crippen LogP contribution in [0.3, 0.4) is 0 Å². The van der Waals surface area contributed by atoms with Crippen molar-refractivity contribution in [3.8, 4) is 5.88 Å². The van der Waals surface area contributed by atoms with E-state index in [0.29, 0.717) is 72.0 Å². The van der Waals surface area contributed by atoms with E-state index in [0.717, 1.165) is 6.54 Å². The molecule has 11 nitrogen and oxygen atoms in total. The van der Waals surface area contributed by atoms with Crippen molar-refractivity contribution in [2.45, 2.75) is 55.4 Å². The van der Waals surface area contributed by atoms with Gasteiger partial charge in [0.05, 0.1) is 23.4 Å². The van der Waals surface area contributed by atoms with Crippen LogP contribution in [0, 0.1) is 0 Å². The zero-order valence-electron chi connectivity index (χ0n) is 22.7. The van der Waals surface area contributed by atoms with Gasteiger partial charge in [0.15, 0.2) is 26.8 Å². The molecule has 5 rings (SSSR count). The fraction of sp³-hybridized carbons (Fsp3) is 0.481. The standard InChI is InChI=1S/C27H33N5O6S2/c1-17(2)32(3)13-15-37-23-11-10-22-26(29-23)39-27(28-22)30-25(33)24(31-38-19-12-14-36-16-19)18-4-6-20(7-5-18)40(34,35)21-8-9-21/h4-7,10-11,17,19,21H,8-9,12-16H2,1-3H3,(H,28,30,33)/b31-24+/t19-/m1/s1. The van der Waals surface area contributed by atoms with Crippen molar-refractivity contribution >= 4 is 48.3 Å². The Balaban J connectivity index is 1.31. The molecule has 2 aromatic heterocycles. The number of amides is 1. The molecule has 0 spiro atoms. The van der Waals surface area contributed by atoms with E-state index in [9.17, 15) is 13.2 Å². The number of sulfone groups is 1. The number of thiazole rings is 1. The number of hydrogen-bond donors (Lipinski definition) is 1. The van der Waals surface area contributed by atoms with E-state index in [1.807, 2.05) is 7.05 Å². The molecule has 2 aliphatic rings. The SMILES string of the molecule is CC(C)N(C)CCOc1ccc2nc(NC(=O)/C(=N/O[C@@H]3CCOC3)c3ccc(S(=O)(=O)C4CC4)cc3)sc2n1. The lowest BCUT2D eigenvalue weighted by Gasteiger charge is -2.20. The smallest absolute Gasteiger partial charge is 0.280 e. The van der Waals surface area contributed by atoms with Gasteiger partial charge in [0.2, 0.25) is 5.88 Å². The normalized spacial score (nSPS) is 18.0. The Bertz CT molecular complexity index is 1480. The summed E-state index contributed by atoms with van der Waals surface area (Å²) in [6.45, 7) is 6.47. The van der Waals surface area contributed by atoms with E-state index >= 15 is 0 Å². The molecule has 1 aromatic carbocycles. The van der Waals surface area contributed by atoms with Crippen LogP contribution in [0.15, 0.2) is 46.4 Å². The monoisotopic (exact) mass is 587 g/mol. The van der Waals surface area contributed by atoms with Gasteiger partial charge in [-0.1, -0.05) is 28.6 Å². The molecule has 40 heavy (non-hydrogen) atoms. The van der Waals surface area contributed by atoms with Gasteiger partial charge in [-0.15, -0.1) is 0 Å². The van der Waals surface area contributed by atoms with Crippen LogP contribution in [-0.4, -0.2) is 85.7 Å². The number of hydrogen-bond acceptors (Lipinski definition) is 11. The van der Waals surface area contributed by atoms with Crippen molar-refractivity contribution in [3.63, 3.8) is 0 Å². The molecule has 2 fully saturated rings. The number of anilines is 1. The van der Waals surface area contributed by atoms with Crippen LogP contribution in [0.1, 0.15) is 38.7 Å². The van der Waals surface area contributed by atoms with E-state index in [-0.39, 0.29) is 22.0 Å². The van der Waals surface area contributed by atoms with Gasteiger partial charge in [0.1, 0.15) is 17.0 Å². The molecule has 3 heterocycles. The first-order valence-corrected chi connectivity index (χ1v) is 15.6. The predicted molar refractivity (Wildman–Crippen MR) is 153 cm³/mol. The number of aromatic nitrogens is 2. The topological polar surface area (TPSA) is 132 Å². The summed E-state index contributed by atoms with van der Waals surface area (Å²) in [6, 6.07) is 10.1. The van der Waals surface area contributed by atoms with Crippen LogP contribution >= 0.6 is 11.3 Å². The number of nitrogens with zero attached hydrogens (tertiary/aromatic N) is 4. The molecule has 1 aliphatic heterocycles. The maximum absolute atomic E-state index is 13.4. The fourth-order valence-electron chi connectivity index (χ4n) is 3.96. The van der Waals surface area contributed by atoms with Crippen LogP contribution in [0.5, 0.6) is 5.88 Å². The molecule has 1 N–H and O–H groups in total. The highest BCUT2D eigenvalue weighted by Gasteiger charge is 2.36. The number of carbonyl (C=O) groups excluding carboxylic acids is 1. The number of benzene rings is 1. The third-order valence-electron chi connectivity index (χ3n) is 6.84. The Morgan fingerprint density at radius 1 is 1.18 bits per heavy atom. The molecule has 0 bridgehead atoms. The molecule has 0 unspecified atom stereocenters. The first-order chi connectivity index (χ1) is 19.2. The average Bonchev–Trinajstić information content (AvgIpc) is 3.54. The van der Waals surface area contributed by atoms with Crippen LogP contribution in [-0.2, 0) is 24.2 Å². The average molecular weight is 588 g/mol. The van der Waals surface area contributed by atoms with Gasteiger partial charge in [-0.3, -0.25) is 10.1 Å². The molecule has 1 saturated carbocycles. The van der Waals surface area contributed by atoms with Crippen molar-refractivity contribution in [1.82, 2.24) is 14.9 Å². The number of carbonyl (C=O) groups is 1. The van der Waals surface area contributed by atoms with E-state index in [1.165, 1.54) is 23.5 Å². The zero-order chi connectivity index (χ0) is 28.3. The highest BCUT2D eigenvalue weighted by molar-refractivity contribution is 7.92. The number of oxime groups is 1. The van der Waals surface area contributed by atoms with Crippen molar-refractivity contribution in [2.24, 2.45) is 5.16 Å². The Hall–Kier alpha value is -3.13. The van der Waals surface area contributed by atoms with Crippen LogP contribution in [0.4, 0.5) is 5.13 Å². The van der Waals surface area contributed by atoms with Gasteiger partial charge in [0.25, 0.3) is 5.91 Å². The third-order valence-corrected chi connectivity index (χ3v) is 10.0. The molecule has 1 saturated heterocycles. The summed E-state index contributed by atoms with van der Waals surface area (Å²) in [5.74, 6) is -0.0502. The predicted octanol–water partition coefficient (Wildman–Crippen LogP) is 3.49. The molecular formula is C27H33N5O6S2. The maximum atomic E-state index is 13.4. The quantitative estimate of drug-likeness (QED) is 0.250. The molecule has 214 valence electrons. The van der Waals surface area contributed by atoms with Crippen molar-refractivity contribution in [1.29, 1.82) is 0 Å². The lowest BCUT2D eigenvalue weighted by molar-refractivity contribution is -0.110. The molecule has 3 aromatic rings. The minimum Gasteiger partial charge on any atom is -0.476 e. The van der Waals surface area contributed by atoms with Crippen molar-refractivity contribution in [2.75, 3.05) is 38.7 Å². The lowest BCUT2D eigenvalue weighted by atomic mass is 10.1. The Morgan fingerprint density at radius 2 is 1.95 bits per heavy atom. The van der Waals surface area contributed by atoms with Crippen LogP contribution < -0.4 is 10.1 Å². The Morgan fingerprint density at radius 3 is 2.62 bits per heavy atom. The van der Waals surface area contributed by atoms with Gasteiger partial charge in [0, 0.05) is 30.6 Å². The first kappa shape index (κ1) is 28.4. The molecule has 13 heteroatoms. The minimum atomic E-state index is -3.35.